The molecular formula is C16H22FNO2. The van der Waals surface area contributed by atoms with Crippen LogP contribution in [0, 0.1) is 5.82 Å². The zero-order valence-corrected chi connectivity index (χ0v) is 11.7. The van der Waals surface area contributed by atoms with Crippen LogP contribution in [0.2, 0.25) is 0 Å². The summed E-state index contributed by atoms with van der Waals surface area (Å²) in [4.78, 5) is 0. The molecule has 1 aliphatic carbocycles. The van der Waals surface area contributed by atoms with Gasteiger partial charge in [-0.2, -0.15) is 0 Å². The largest absolute Gasteiger partial charge is 0.487 e. The Labute approximate surface area is 119 Å². The van der Waals surface area contributed by atoms with Crippen molar-refractivity contribution in [2.24, 2.45) is 5.73 Å². The Kier molecular flexibility index (Phi) is 3.94. The van der Waals surface area contributed by atoms with Gasteiger partial charge in [0.05, 0.1) is 13.2 Å². The van der Waals surface area contributed by atoms with Crippen molar-refractivity contribution in [1.82, 2.24) is 0 Å². The van der Waals surface area contributed by atoms with Crippen LogP contribution in [-0.4, -0.2) is 24.9 Å². The maximum Gasteiger partial charge on any atom is 0.126 e. The number of fused-ring (bicyclic) bond motifs is 1. The summed E-state index contributed by atoms with van der Waals surface area (Å²) >= 11 is 0. The van der Waals surface area contributed by atoms with Gasteiger partial charge in [0.1, 0.15) is 17.7 Å². The van der Waals surface area contributed by atoms with E-state index in [0.717, 1.165) is 24.2 Å². The fourth-order valence-electron chi connectivity index (χ4n) is 3.18. The minimum atomic E-state index is -0.211. The van der Waals surface area contributed by atoms with Crippen LogP contribution in [0.25, 0.3) is 0 Å². The van der Waals surface area contributed by atoms with Gasteiger partial charge in [0.25, 0.3) is 0 Å². The lowest BCUT2D eigenvalue weighted by Gasteiger charge is -2.33. The second-order valence-corrected chi connectivity index (χ2v) is 6.13. The van der Waals surface area contributed by atoms with Gasteiger partial charge in [-0.15, -0.1) is 0 Å². The van der Waals surface area contributed by atoms with Crippen molar-refractivity contribution in [3.05, 3.63) is 29.6 Å². The van der Waals surface area contributed by atoms with Crippen molar-refractivity contribution in [3.8, 4) is 5.75 Å². The first-order valence-corrected chi connectivity index (χ1v) is 7.46. The van der Waals surface area contributed by atoms with Gasteiger partial charge in [-0.3, -0.25) is 0 Å². The minimum Gasteiger partial charge on any atom is -0.487 e. The summed E-state index contributed by atoms with van der Waals surface area (Å²) in [7, 11) is 0. The third-order valence-corrected chi connectivity index (χ3v) is 4.31. The van der Waals surface area contributed by atoms with Gasteiger partial charge in [-0.25, -0.2) is 4.39 Å². The van der Waals surface area contributed by atoms with Crippen LogP contribution in [0.3, 0.4) is 0 Å². The first kappa shape index (κ1) is 13.8. The number of ether oxygens (including phenoxy) is 2. The molecule has 1 unspecified atom stereocenters. The molecular weight excluding hydrogens is 257 g/mol. The molecule has 3 rings (SSSR count). The average molecular weight is 279 g/mol. The fraction of sp³-hybridized carbons (Fsp3) is 0.625. The molecule has 2 N–H and O–H groups in total. The molecule has 1 aromatic carbocycles. The van der Waals surface area contributed by atoms with E-state index in [1.165, 1.54) is 25.3 Å². The number of hydrogen-bond donors (Lipinski definition) is 1. The molecule has 0 saturated heterocycles. The Morgan fingerprint density at radius 2 is 2.10 bits per heavy atom. The highest BCUT2D eigenvalue weighted by Crippen LogP contribution is 2.30. The van der Waals surface area contributed by atoms with Gasteiger partial charge in [-0.1, -0.05) is 19.3 Å². The Morgan fingerprint density at radius 3 is 2.90 bits per heavy atom. The van der Waals surface area contributed by atoms with Crippen LogP contribution in [0.1, 0.15) is 37.7 Å². The van der Waals surface area contributed by atoms with Crippen molar-refractivity contribution < 1.29 is 13.9 Å². The molecule has 1 saturated carbocycles. The zero-order chi connectivity index (χ0) is 14.0. The SMILES string of the molecule is NC1(COCC2Cc3cc(F)ccc3O2)CCCCC1. The Bertz CT molecular complexity index is 472. The molecule has 3 nitrogen and oxygen atoms in total. The minimum absolute atomic E-state index is 0.0148. The van der Waals surface area contributed by atoms with Gasteiger partial charge in [0.15, 0.2) is 0 Å². The second-order valence-electron chi connectivity index (χ2n) is 6.13. The molecule has 1 atom stereocenters. The van der Waals surface area contributed by atoms with E-state index in [1.807, 2.05) is 0 Å². The quantitative estimate of drug-likeness (QED) is 0.921. The molecule has 0 radical (unpaired) electrons. The van der Waals surface area contributed by atoms with Crippen LogP contribution < -0.4 is 10.5 Å². The maximum atomic E-state index is 13.1. The highest BCUT2D eigenvalue weighted by Gasteiger charge is 2.29. The highest BCUT2D eigenvalue weighted by molar-refractivity contribution is 5.37. The number of hydrogen-bond acceptors (Lipinski definition) is 3. The Balaban J connectivity index is 1.46. The van der Waals surface area contributed by atoms with Crippen molar-refractivity contribution in [1.29, 1.82) is 0 Å². The third-order valence-electron chi connectivity index (χ3n) is 4.31. The van der Waals surface area contributed by atoms with Crippen molar-refractivity contribution in [2.75, 3.05) is 13.2 Å². The molecule has 1 fully saturated rings. The van der Waals surface area contributed by atoms with Crippen molar-refractivity contribution >= 4 is 0 Å². The molecule has 110 valence electrons. The normalized spacial score (nSPS) is 24.2. The topological polar surface area (TPSA) is 44.5 Å². The van der Waals surface area contributed by atoms with E-state index in [1.54, 1.807) is 12.1 Å². The number of benzene rings is 1. The molecule has 0 bridgehead atoms. The third kappa shape index (κ3) is 3.13. The lowest BCUT2D eigenvalue weighted by molar-refractivity contribution is 0.0236. The summed E-state index contributed by atoms with van der Waals surface area (Å²) in [6.45, 7) is 1.12. The molecule has 4 heteroatoms. The first-order valence-electron chi connectivity index (χ1n) is 7.46. The van der Waals surface area contributed by atoms with Gasteiger partial charge >= 0.3 is 0 Å². The summed E-state index contributed by atoms with van der Waals surface area (Å²) in [5.74, 6) is 0.567. The molecule has 0 amide bonds. The predicted molar refractivity (Wildman–Crippen MR) is 75.3 cm³/mol. The summed E-state index contributed by atoms with van der Waals surface area (Å²) in [5.41, 5.74) is 7.10. The van der Waals surface area contributed by atoms with Gasteiger partial charge in [0.2, 0.25) is 0 Å². The van der Waals surface area contributed by atoms with Crippen LogP contribution in [-0.2, 0) is 11.2 Å². The van der Waals surface area contributed by atoms with Crippen LogP contribution in [0.4, 0.5) is 4.39 Å². The summed E-state index contributed by atoms with van der Waals surface area (Å²) < 4.78 is 24.7. The standard InChI is InChI=1S/C16H22FNO2/c17-13-4-5-15-12(8-13)9-14(20-15)10-19-11-16(18)6-2-1-3-7-16/h4-5,8,14H,1-3,6-7,9-11,18H2. The average Bonchev–Trinajstić information content (AvgIpc) is 2.81. The predicted octanol–water partition coefficient (Wildman–Crippen LogP) is 2.81. The van der Waals surface area contributed by atoms with Crippen LogP contribution in [0.15, 0.2) is 18.2 Å². The molecule has 20 heavy (non-hydrogen) atoms. The van der Waals surface area contributed by atoms with Gasteiger partial charge in [0, 0.05) is 17.5 Å². The Morgan fingerprint density at radius 1 is 1.30 bits per heavy atom. The van der Waals surface area contributed by atoms with Crippen LogP contribution in [0.5, 0.6) is 5.75 Å². The molecule has 0 spiro atoms. The van der Waals surface area contributed by atoms with E-state index >= 15 is 0 Å². The van der Waals surface area contributed by atoms with E-state index in [9.17, 15) is 4.39 Å². The monoisotopic (exact) mass is 279 g/mol. The first-order chi connectivity index (χ1) is 9.65. The molecule has 1 aromatic rings. The van der Waals surface area contributed by atoms with Gasteiger partial charge < -0.3 is 15.2 Å². The fourth-order valence-corrected chi connectivity index (χ4v) is 3.18. The van der Waals surface area contributed by atoms with E-state index in [-0.39, 0.29) is 17.5 Å². The summed E-state index contributed by atoms with van der Waals surface area (Å²) in [6.07, 6.45) is 6.47. The highest BCUT2D eigenvalue weighted by atomic mass is 19.1. The molecule has 1 aliphatic heterocycles. The summed E-state index contributed by atoms with van der Waals surface area (Å²) in [6, 6.07) is 4.66. The number of halogens is 1. The lowest BCUT2D eigenvalue weighted by Crippen LogP contribution is -2.46. The molecule has 1 heterocycles. The van der Waals surface area contributed by atoms with E-state index < -0.39 is 0 Å². The maximum absolute atomic E-state index is 13.1. The lowest BCUT2D eigenvalue weighted by atomic mass is 9.83. The van der Waals surface area contributed by atoms with E-state index in [0.29, 0.717) is 19.6 Å². The smallest absolute Gasteiger partial charge is 0.126 e. The van der Waals surface area contributed by atoms with Crippen LogP contribution >= 0.6 is 0 Å². The number of nitrogens with two attached hydrogens (primary N) is 1. The molecule has 2 aliphatic rings. The number of rotatable bonds is 4. The second kappa shape index (κ2) is 5.70. The van der Waals surface area contributed by atoms with E-state index in [2.05, 4.69) is 0 Å². The Hall–Kier alpha value is -1.13. The zero-order valence-electron chi connectivity index (χ0n) is 11.7. The summed E-state index contributed by atoms with van der Waals surface area (Å²) in [5, 5.41) is 0. The van der Waals surface area contributed by atoms with Crippen molar-refractivity contribution in [2.45, 2.75) is 50.2 Å². The van der Waals surface area contributed by atoms with Gasteiger partial charge in [-0.05, 0) is 31.0 Å². The van der Waals surface area contributed by atoms with Crippen molar-refractivity contribution in [3.63, 3.8) is 0 Å². The molecule has 0 aromatic heterocycles. The van der Waals surface area contributed by atoms with E-state index in [4.69, 9.17) is 15.2 Å².